The first-order valence-electron chi connectivity index (χ1n) is 4.53. The van der Waals surface area contributed by atoms with Crippen molar-refractivity contribution in [1.29, 1.82) is 0 Å². The molecule has 2 aliphatic carbocycles. The number of carbonyl (C=O) groups is 2. The molecule has 0 amide bonds. The number of hydrogen-bond donors (Lipinski definition) is 2. The summed E-state index contributed by atoms with van der Waals surface area (Å²) in [5.41, 5.74) is -0.377. The zero-order valence-electron chi connectivity index (χ0n) is 7.19. The van der Waals surface area contributed by atoms with Crippen molar-refractivity contribution < 1.29 is 19.8 Å². The van der Waals surface area contributed by atoms with E-state index >= 15 is 0 Å². The van der Waals surface area contributed by atoms with E-state index in [-0.39, 0.29) is 5.41 Å². The van der Waals surface area contributed by atoms with Crippen LogP contribution in [0.2, 0.25) is 0 Å². The summed E-state index contributed by atoms with van der Waals surface area (Å²) in [6.07, 6.45) is 2.86. The van der Waals surface area contributed by atoms with Gasteiger partial charge in [-0.1, -0.05) is 6.42 Å². The lowest BCUT2D eigenvalue weighted by Gasteiger charge is -2.13. The molecule has 13 heavy (non-hydrogen) atoms. The second kappa shape index (κ2) is 2.47. The van der Waals surface area contributed by atoms with E-state index in [4.69, 9.17) is 10.2 Å². The Hall–Kier alpha value is -1.06. The monoisotopic (exact) mass is 184 g/mol. The Morgan fingerprint density at radius 1 is 1.15 bits per heavy atom. The number of hydrogen-bond acceptors (Lipinski definition) is 2. The van der Waals surface area contributed by atoms with Crippen molar-refractivity contribution >= 4 is 11.9 Å². The van der Waals surface area contributed by atoms with Crippen molar-refractivity contribution in [3.05, 3.63) is 0 Å². The summed E-state index contributed by atoms with van der Waals surface area (Å²) in [4.78, 5) is 21.5. The van der Waals surface area contributed by atoms with Crippen LogP contribution in [0.3, 0.4) is 0 Å². The summed E-state index contributed by atoms with van der Waals surface area (Å²) in [6, 6.07) is 0. The molecule has 0 aromatic heterocycles. The number of carboxylic acid groups (broad SMARTS) is 2. The smallest absolute Gasteiger partial charge is 0.307 e. The molecule has 3 unspecified atom stereocenters. The minimum absolute atomic E-state index is 0.377. The van der Waals surface area contributed by atoms with Gasteiger partial charge in [-0.05, 0) is 24.7 Å². The van der Waals surface area contributed by atoms with Gasteiger partial charge < -0.3 is 10.2 Å². The lowest BCUT2D eigenvalue weighted by molar-refractivity contribution is -0.144. The molecule has 4 nitrogen and oxygen atoms in total. The molecule has 0 heterocycles. The zero-order chi connectivity index (χ0) is 9.64. The molecule has 2 rings (SSSR count). The normalized spacial score (nSPS) is 42.2. The second-order valence-corrected chi connectivity index (χ2v) is 4.11. The zero-order valence-corrected chi connectivity index (χ0v) is 7.19. The van der Waals surface area contributed by atoms with E-state index in [1.807, 2.05) is 0 Å². The van der Waals surface area contributed by atoms with Crippen molar-refractivity contribution in [3.63, 3.8) is 0 Å². The minimum atomic E-state index is -0.826. The van der Waals surface area contributed by atoms with Gasteiger partial charge in [0.05, 0.1) is 11.8 Å². The average Bonchev–Trinajstić information content (AvgIpc) is 2.54. The van der Waals surface area contributed by atoms with Crippen molar-refractivity contribution in [2.24, 2.45) is 17.3 Å². The topological polar surface area (TPSA) is 74.6 Å². The van der Waals surface area contributed by atoms with Crippen LogP contribution < -0.4 is 0 Å². The van der Waals surface area contributed by atoms with E-state index in [2.05, 4.69) is 0 Å². The predicted octanol–water partition coefficient (Wildman–Crippen LogP) is 0.962. The number of carboxylic acids is 2. The van der Waals surface area contributed by atoms with Gasteiger partial charge in [-0.2, -0.15) is 0 Å². The molecule has 0 aromatic carbocycles. The molecule has 72 valence electrons. The summed E-state index contributed by atoms with van der Waals surface area (Å²) in [7, 11) is 0. The number of rotatable bonds is 2. The van der Waals surface area contributed by atoms with Gasteiger partial charge in [0.15, 0.2) is 0 Å². The van der Waals surface area contributed by atoms with Crippen LogP contribution in [0.1, 0.15) is 25.7 Å². The molecule has 0 bridgehead atoms. The summed E-state index contributed by atoms with van der Waals surface area (Å²) in [5, 5.41) is 17.7. The molecule has 0 aromatic rings. The fraction of sp³-hybridized carbons (Fsp3) is 0.778. The molecule has 2 aliphatic rings. The summed E-state index contributed by atoms with van der Waals surface area (Å²) >= 11 is 0. The second-order valence-electron chi connectivity index (χ2n) is 4.11. The summed E-state index contributed by atoms with van der Waals surface area (Å²) in [6.45, 7) is 0. The highest BCUT2D eigenvalue weighted by Gasteiger charge is 2.66. The molecule has 2 N–H and O–H groups in total. The maximum absolute atomic E-state index is 10.8. The van der Waals surface area contributed by atoms with Crippen LogP contribution in [0.25, 0.3) is 0 Å². The summed E-state index contributed by atoms with van der Waals surface area (Å²) in [5.74, 6) is -2.45. The molecule has 1 spiro atoms. The van der Waals surface area contributed by atoms with Crippen molar-refractivity contribution in [2.45, 2.75) is 25.7 Å². The minimum Gasteiger partial charge on any atom is -0.481 e. The predicted molar refractivity (Wildman–Crippen MR) is 43.2 cm³/mol. The molecule has 2 saturated carbocycles. The highest BCUT2D eigenvalue weighted by molar-refractivity contribution is 5.80. The van der Waals surface area contributed by atoms with E-state index in [1.165, 1.54) is 0 Å². The molecular formula is C9H12O4. The maximum atomic E-state index is 10.8. The van der Waals surface area contributed by atoms with Crippen LogP contribution in [-0.4, -0.2) is 22.2 Å². The average molecular weight is 184 g/mol. The van der Waals surface area contributed by atoms with Crippen LogP contribution in [0, 0.1) is 17.3 Å². The molecule has 0 aliphatic heterocycles. The van der Waals surface area contributed by atoms with Crippen molar-refractivity contribution in [3.8, 4) is 0 Å². The van der Waals surface area contributed by atoms with Gasteiger partial charge in [-0.15, -0.1) is 0 Å². The Balaban J connectivity index is 2.16. The molecule has 0 radical (unpaired) electrons. The van der Waals surface area contributed by atoms with Crippen LogP contribution in [-0.2, 0) is 9.59 Å². The fourth-order valence-corrected chi connectivity index (χ4v) is 2.78. The first-order valence-corrected chi connectivity index (χ1v) is 4.53. The van der Waals surface area contributed by atoms with Gasteiger partial charge in [0.2, 0.25) is 0 Å². The van der Waals surface area contributed by atoms with Gasteiger partial charge in [0.25, 0.3) is 0 Å². The quantitative estimate of drug-likeness (QED) is 0.670. The van der Waals surface area contributed by atoms with Crippen LogP contribution in [0.4, 0.5) is 0 Å². The highest BCUT2D eigenvalue weighted by atomic mass is 16.4. The number of aliphatic carboxylic acids is 2. The standard InChI is InChI=1S/C9H12O4/c10-7(11)5-2-1-3-9(5)4-6(9)8(12)13/h5-6H,1-4H2,(H,10,11)(H,12,13). The van der Waals surface area contributed by atoms with E-state index in [1.54, 1.807) is 0 Å². The van der Waals surface area contributed by atoms with E-state index in [9.17, 15) is 9.59 Å². The lowest BCUT2D eigenvalue weighted by Crippen LogP contribution is -2.23. The van der Waals surface area contributed by atoms with Crippen molar-refractivity contribution in [2.75, 3.05) is 0 Å². The van der Waals surface area contributed by atoms with Crippen LogP contribution >= 0.6 is 0 Å². The Kier molecular flexibility index (Phi) is 1.62. The van der Waals surface area contributed by atoms with Gasteiger partial charge in [-0.3, -0.25) is 9.59 Å². The largest absolute Gasteiger partial charge is 0.481 e. The van der Waals surface area contributed by atoms with E-state index in [0.717, 1.165) is 12.8 Å². The first-order chi connectivity index (χ1) is 6.08. The third-order valence-electron chi connectivity index (χ3n) is 3.54. The third kappa shape index (κ3) is 1.04. The first kappa shape index (κ1) is 8.53. The Bertz CT molecular complexity index is 273. The van der Waals surface area contributed by atoms with E-state index < -0.39 is 23.8 Å². The van der Waals surface area contributed by atoms with Gasteiger partial charge in [-0.25, -0.2) is 0 Å². The van der Waals surface area contributed by atoms with Crippen LogP contribution in [0.5, 0.6) is 0 Å². The lowest BCUT2D eigenvalue weighted by atomic mass is 9.90. The van der Waals surface area contributed by atoms with Gasteiger partial charge >= 0.3 is 11.9 Å². The highest BCUT2D eigenvalue weighted by Crippen LogP contribution is 2.65. The van der Waals surface area contributed by atoms with Gasteiger partial charge in [0.1, 0.15) is 0 Å². The Morgan fingerprint density at radius 2 is 1.77 bits per heavy atom. The summed E-state index contributed by atoms with van der Waals surface area (Å²) < 4.78 is 0. The SMILES string of the molecule is O=C(O)C1CCCC12CC2C(=O)O. The van der Waals surface area contributed by atoms with Crippen LogP contribution in [0.15, 0.2) is 0 Å². The molecule has 4 heteroatoms. The molecular weight excluding hydrogens is 172 g/mol. The maximum Gasteiger partial charge on any atom is 0.307 e. The molecule has 2 fully saturated rings. The Morgan fingerprint density at radius 3 is 2.23 bits per heavy atom. The Labute approximate surface area is 75.6 Å². The fourth-order valence-electron chi connectivity index (χ4n) is 2.78. The molecule has 0 saturated heterocycles. The van der Waals surface area contributed by atoms with Gasteiger partial charge in [0, 0.05) is 0 Å². The third-order valence-corrected chi connectivity index (χ3v) is 3.54. The van der Waals surface area contributed by atoms with E-state index in [0.29, 0.717) is 12.8 Å². The molecule has 3 atom stereocenters. The van der Waals surface area contributed by atoms with Crippen molar-refractivity contribution in [1.82, 2.24) is 0 Å².